The molecule has 2 unspecified atom stereocenters. The Morgan fingerprint density at radius 3 is 2.65 bits per heavy atom. The van der Waals surface area contributed by atoms with Crippen LogP contribution in [0.2, 0.25) is 10.0 Å². The summed E-state index contributed by atoms with van der Waals surface area (Å²) in [6.07, 6.45) is -0.859. The van der Waals surface area contributed by atoms with Gasteiger partial charge in [0, 0.05) is 30.0 Å². The number of carbonyl (C=O) groups excluding carboxylic acids is 1. The fraction of sp³-hybridized carbons (Fsp3) is 0.421. The van der Waals surface area contributed by atoms with Crippen LogP contribution in [0.15, 0.2) is 40.7 Å². The lowest BCUT2D eigenvalue weighted by atomic mass is 9.84. The molecule has 0 aromatic heterocycles. The van der Waals surface area contributed by atoms with Crippen LogP contribution in [-0.2, 0) is 14.3 Å². The lowest BCUT2D eigenvalue weighted by molar-refractivity contribution is -0.138. The number of nitrogens with one attached hydrogen (secondary N) is 1. The second-order valence-electron chi connectivity index (χ2n) is 6.02. The van der Waals surface area contributed by atoms with E-state index in [1.807, 2.05) is 13.0 Å². The molecule has 0 saturated carbocycles. The number of ether oxygens (including phenoxy) is 2. The highest BCUT2D eigenvalue weighted by Gasteiger charge is 2.33. The summed E-state index contributed by atoms with van der Waals surface area (Å²) >= 11 is 12.6. The van der Waals surface area contributed by atoms with Crippen LogP contribution in [0.1, 0.15) is 38.7 Å². The monoisotopic (exact) mass is 399 g/mol. The van der Waals surface area contributed by atoms with Gasteiger partial charge in [0.2, 0.25) is 0 Å². The van der Waals surface area contributed by atoms with Gasteiger partial charge in [0.05, 0.1) is 22.2 Å². The van der Waals surface area contributed by atoms with Crippen LogP contribution in [0, 0.1) is 0 Å². The zero-order valence-electron chi connectivity index (χ0n) is 15.2. The minimum absolute atomic E-state index is 0.276. The van der Waals surface area contributed by atoms with E-state index in [1.54, 1.807) is 26.0 Å². The molecule has 2 rings (SSSR count). The van der Waals surface area contributed by atoms with Crippen LogP contribution in [0.3, 0.4) is 0 Å². The summed E-state index contributed by atoms with van der Waals surface area (Å²) in [4.78, 5) is 12.5. The molecule has 0 radical (unpaired) electrons. The molecule has 1 aliphatic heterocycles. The number of benzene rings is 1. The number of allylic oxidation sites excluding steroid dienone is 2. The minimum atomic E-state index is -1.16. The summed E-state index contributed by atoms with van der Waals surface area (Å²) in [6, 6.07) is 5.31. The van der Waals surface area contributed by atoms with Crippen molar-refractivity contribution in [2.75, 3.05) is 13.7 Å². The number of aliphatic hydroxyl groups is 1. The van der Waals surface area contributed by atoms with Crippen molar-refractivity contribution in [1.29, 1.82) is 0 Å². The van der Waals surface area contributed by atoms with Crippen LogP contribution in [0.5, 0.6) is 0 Å². The molecule has 1 aromatic rings. The van der Waals surface area contributed by atoms with Gasteiger partial charge in [-0.25, -0.2) is 4.79 Å². The maximum absolute atomic E-state index is 12.5. The first-order chi connectivity index (χ1) is 12.3. The van der Waals surface area contributed by atoms with Crippen molar-refractivity contribution < 1.29 is 19.4 Å². The van der Waals surface area contributed by atoms with Gasteiger partial charge in [0.1, 0.15) is 0 Å². The van der Waals surface area contributed by atoms with E-state index >= 15 is 0 Å². The molecule has 1 heterocycles. The zero-order chi connectivity index (χ0) is 19.4. The third kappa shape index (κ3) is 4.23. The second-order valence-corrected chi connectivity index (χ2v) is 6.80. The number of aliphatic hydroxyl groups excluding tert-OH is 1. The number of rotatable bonds is 5. The highest BCUT2D eigenvalue weighted by Crippen LogP contribution is 2.42. The van der Waals surface area contributed by atoms with E-state index in [0.29, 0.717) is 44.6 Å². The van der Waals surface area contributed by atoms with E-state index in [2.05, 4.69) is 5.32 Å². The Morgan fingerprint density at radius 2 is 2.04 bits per heavy atom. The van der Waals surface area contributed by atoms with Crippen molar-refractivity contribution in [3.63, 3.8) is 0 Å². The fourth-order valence-electron chi connectivity index (χ4n) is 3.16. The standard InChI is InChI=1S/C19H23Cl2NO4/c1-5-26-18(23)13-9-14(12-7-6-8-15(20)17(12)21)16(19(24)25-4)11(3)22-10(13)2/h6-8,14,19,22,24H,5,9H2,1-4H3. The maximum atomic E-state index is 12.5. The van der Waals surface area contributed by atoms with E-state index in [9.17, 15) is 9.90 Å². The first-order valence-electron chi connectivity index (χ1n) is 8.31. The van der Waals surface area contributed by atoms with Crippen LogP contribution < -0.4 is 5.32 Å². The quantitative estimate of drug-likeness (QED) is 0.574. The first kappa shape index (κ1) is 20.8. The minimum Gasteiger partial charge on any atom is -0.463 e. The first-order valence-corrected chi connectivity index (χ1v) is 9.06. The summed E-state index contributed by atoms with van der Waals surface area (Å²) < 4.78 is 10.4. The van der Waals surface area contributed by atoms with Gasteiger partial charge in [-0.1, -0.05) is 35.3 Å². The molecule has 0 fully saturated rings. The van der Waals surface area contributed by atoms with Gasteiger partial charge < -0.3 is 19.9 Å². The molecule has 1 aromatic carbocycles. The van der Waals surface area contributed by atoms with E-state index < -0.39 is 18.2 Å². The Balaban J connectivity index is 2.62. The van der Waals surface area contributed by atoms with E-state index in [4.69, 9.17) is 32.7 Å². The van der Waals surface area contributed by atoms with E-state index in [0.717, 1.165) is 0 Å². The largest absolute Gasteiger partial charge is 0.463 e. The molecule has 0 spiro atoms. The number of hydrogen-bond donors (Lipinski definition) is 2. The van der Waals surface area contributed by atoms with Crippen molar-refractivity contribution >= 4 is 29.2 Å². The Morgan fingerprint density at radius 1 is 1.35 bits per heavy atom. The highest BCUT2D eigenvalue weighted by atomic mass is 35.5. The zero-order valence-corrected chi connectivity index (χ0v) is 16.7. The van der Waals surface area contributed by atoms with Gasteiger partial charge in [-0.3, -0.25) is 0 Å². The van der Waals surface area contributed by atoms with Crippen LogP contribution in [0.25, 0.3) is 0 Å². The molecule has 142 valence electrons. The maximum Gasteiger partial charge on any atom is 0.335 e. The molecule has 0 saturated heterocycles. The van der Waals surface area contributed by atoms with Crippen molar-refractivity contribution in [3.8, 4) is 0 Å². The summed E-state index contributed by atoms with van der Waals surface area (Å²) in [6.45, 7) is 5.65. The lowest BCUT2D eigenvalue weighted by Crippen LogP contribution is -2.23. The Labute approximate surface area is 163 Å². The predicted molar refractivity (Wildman–Crippen MR) is 102 cm³/mol. The molecule has 5 nitrogen and oxygen atoms in total. The van der Waals surface area contributed by atoms with Gasteiger partial charge >= 0.3 is 5.97 Å². The molecule has 2 N–H and O–H groups in total. The summed E-state index contributed by atoms with van der Waals surface area (Å²) in [5.74, 6) is -0.804. The predicted octanol–water partition coefficient (Wildman–Crippen LogP) is 4.15. The molecular weight excluding hydrogens is 377 g/mol. The number of halogens is 2. The van der Waals surface area contributed by atoms with Crippen molar-refractivity contribution in [3.05, 3.63) is 56.3 Å². The molecule has 0 amide bonds. The summed E-state index contributed by atoms with van der Waals surface area (Å²) in [5.41, 5.74) is 3.16. The summed E-state index contributed by atoms with van der Waals surface area (Å²) in [5, 5.41) is 14.4. The van der Waals surface area contributed by atoms with Crippen LogP contribution >= 0.6 is 23.2 Å². The Bertz CT molecular complexity index is 758. The third-order valence-corrected chi connectivity index (χ3v) is 5.25. The number of carbonyl (C=O) groups is 1. The SMILES string of the molecule is CCOC(=O)C1=C(C)NC(C)=C(C(O)OC)C(c2cccc(Cl)c2Cl)C1. The number of esters is 1. The van der Waals surface area contributed by atoms with Gasteiger partial charge in [0.15, 0.2) is 6.29 Å². The average molecular weight is 400 g/mol. The van der Waals surface area contributed by atoms with Gasteiger partial charge in [-0.05, 0) is 38.8 Å². The number of methoxy groups -OCH3 is 1. The third-order valence-electron chi connectivity index (χ3n) is 4.41. The van der Waals surface area contributed by atoms with E-state index in [1.165, 1.54) is 7.11 Å². The Kier molecular flexibility index (Phi) is 7.12. The normalized spacial score (nSPS) is 19.1. The number of hydrogen-bond acceptors (Lipinski definition) is 5. The fourth-order valence-corrected chi connectivity index (χ4v) is 3.60. The van der Waals surface area contributed by atoms with Crippen LogP contribution in [-0.4, -0.2) is 31.1 Å². The topological polar surface area (TPSA) is 67.8 Å². The molecule has 7 heteroatoms. The lowest BCUT2D eigenvalue weighted by Gasteiger charge is -2.26. The van der Waals surface area contributed by atoms with Crippen molar-refractivity contribution in [2.45, 2.75) is 39.4 Å². The van der Waals surface area contributed by atoms with Crippen molar-refractivity contribution in [1.82, 2.24) is 5.32 Å². The molecule has 2 atom stereocenters. The smallest absolute Gasteiger partial charge is 0.335 e. The second kappa shape index (κ2) is 8.91. The molecule has 0 aliphatic carbocycles. The molecular formula is C19H23Cl2NO4. The van der Waals surface area contributed by atoms with Crippen molar-refractivity contribution in [2.24, 2.45) is 0 Å². The van der Waals surface area contributed by atoms with Crippen LogP contribution in [0.4, 0.5) is 0 Å². The summed E-state index contributed by atoms with van der Waals surface area (Å²) in [7, 11) is 1.42. The molecule has 0 bridgehead atoms. The average Bonchev–Trinajstić information content (AvgIpc) is 2.72. The van der Waals surface area contributed by atoms with Gasteiger partial charge in [0.25, 0.3) is 0 Å². The Hall–Kier alpha value is -1.53. The van der Waals surface area contributed by atoms with E-state index in [-0.39, 0.29) is 6.61 Å². The molecule has 26 heavy (non-hydrogen) atoms. The van der Waals surface area contributed by atoms with Gasteiger partial charge in [-0.2, -0.15) is 0 Å². The molecule has 1 aliphatic rings. The van der Waals surface area contributed by atoms with Gasteiger partial charge in [-0.15, -0.1) is 0 Å². The highest BCUT2D eigenvalue weighted by molar-refractivity contribution is 6.42.